The molecule has 0 aliphatic heterocycles. The van der Waals surface area contributed by atoms with Crippen LogP contribution in [0.2, 0.25) is 5.02 Å². The Morgan fingerprint density at radius 1 is 1.38 bits per heavy atom. The van der Waals surface area contributed by atoms with Crippen molar-refractivity contribution in [3.63, 3.8) is 0 Å². The highest BCUT2D eigenvalue weighted by atomic mass is 35.5. The SMILES string of the molecule is CN=C(NCc1ccc(Cl)cc1OC)N(C)Cc1cn(C)nc1C(C)C. The zero-order valence-electron chi connectivity index (χ0n) is 16.4. The van der Waals surface area contributed by atoms with Crippen molar-refractivity contribution in [2.24, 2.45) is 12.0 Å². The van der Waals surface area contributed by atoms with Gasteiger partial charge < -0.3 is 15.0 Å². The summed E-state index contributed by atoms with van der Waals surface area (Å²) in [6, 6.07) is 5.63. The van der Waals surface area contributed by atoms with E-state index in [0.29, 0.717) is 17.5 Å². The Bertz CT molecular complexity index is 769. The number of benzene rings is 1. The lowest BCUT2D eigenvalue weighted by Crippen LogP contribution is -2.38. The molecule has 0 aliphatic carbocycles. The Labute approximate surface area is 160 Å². The first kappa shape index (κ1) is 20.1. The maximum Gasteiger partial charge on any atom is 0.193 e. The second-order valence-electron chi connectivity index (χ2n) is 6.58. The number of methoxy groups -OCH3 is 1. The second-order valence-corrected chi connectivity index (χ2v) is 7.02. The summed E-state index contributed by atoms with van der Waals surface area (Å²) in [6.45, 7) is 5.65. The number of aliphatic imine (C=N–C) groups is 1. The molecule has 2 aromatic rings. The molecule has 0 radical (unpaired) electrons. The average Bonchev–Trinajstić information content (AvgIpc) is 2.96. The number of hydrogen-bond acceptors (Lipinski definition) is 3. The van der Waals surface area contributed by atoms with Crippen molar-refractivity contribution >= 4 is 17.6 Å². The number of aromatic nitrogens is 2. The lowest BCUT2D eigenvalue weighted by Gasteiger charge is -2.23. The van der Waals surface area contributed by atoms with Gasteiger partial charge in [-0.2, -0.15) is 5.10 Å². The van der Waals surface area contributed by atoms with E-state index in [1.54, 1.807) is 14.2 Å². The molecule has 26 heavy (non-hydrogen) atoms. The molecule has 142 valence electrons. The van der Waals surface area contributed by atoms with Crippen LogP contribution in [0.15, 0.2) is 29.4 Å². The van der Waals surface area contributed by atoms with Crippen molar-refractivity contribution in [2.75, 3.05) is 21.2 Å². The molecule has 1 aromatic heterocycles. The Hall–Kier alpha value is -2.21. The number of hydrogen-bond donors (Lipinski definition) is 1. The van der Waals surface area contributed by atoms with Crippen molar-refractivity contribution in [1.82, 2.24) is 20.0 Å². The second kappa shape index (κ2) is 8.94. The Balaban J connectivity index is 2.07. The minimum Gasteiger partial charge on any atom is -0.496 e. The van der Waals surface area contributed by atoms with Crippen LogP contribution in [-0.2, 0) is 20.1 Å². The molecule has 2 rings (SSSR count). The van der Waals surface area contributed by atoms with Gasteiger partial charge in [0.1, 0.15) is 5.75 Å². The van der Waals surface area contributed by atoms with Gasteiger partial charge in [-0.3, -0.25) is 9.67 Å². The van der Waals surface area contributed by atoms with Gasteiger partial charge in [-0.1, -0.05) is 31.5 Å². The molecule has 0 atom stereocenters. The van der Waals surface area contributed by atoms with Gasteiger partial charge in [0, 0.05) is 56.6 Å². The number of rotatable bonds is 6. The number of aryl methyl sites for hydroxylation is 1. The van der Waals surface area contributed by atoms with Crippen LogP contribution in [0.3, 0.4) is 0 Å². The van der Waals surface area contributed by atoms with Gasteiger partial charge in [0.25, 0.3) is 0 Å². The molecule has 1 heterocycles. The standard InChI is InChI=1S/C19H28ClN5O/c1-13(2)18-15(12-25(5)23-18)11-24(4)19(21-3)22-10-14-7-8-16(20)9-17(14)26-6/h7-9,12-13H,10-11H2,1-6H3,(H,21,22). The van der Waals surface area contributed by atoms with Crippen LogP contribution < -0.4 is 10.1 Å². The van der Waals surface area contributed by atoms with Crippen LogP contribution >= 0.6 is 11.6 Å². The maximum absolute atomic E-state index is 6.03. The van der Waals surface area contributed by atoms with Gasteiger partial charge >= 0.3 is 0 Å². The van der Waals surface area contributed by atoms with Gasteiger partial charge in [0.05, 0.1) is 12.8 Å². The predicted molar refractivity (Wildman–Crippen MR) is 107 cm³/mol. The summed E-state index contributed by atoms with van der Waals surface area (Å²) >= 11 is 6.03. The molecule has 0 aliphatic rings. The predicted octanol–water partition coefficient (Wildman–Crippen LogP) is 3.41. The zero-order chi connectivity index (χ0) is 19.3. The Morgan fingerprint density at radius 3 is 2.73 bits per heavy atom. The Kier molecular flexibility index (Phi) is 6.91. The fraction of sp³-hybridized carbons (Fsp3) is 0.474. The minimum atomic E-state index is 0.382. The summed E-state index contributed by atoms with van der Waals surface area (Å²) < 4.78 is 7.27. The van der Waals surface area contributed by atoms with Gasteiger partial charge in [-0.15, -0.1) is 0 Å². The number of ether oxygens (including phenoxy) is 1. The monoisotopic (exact) mass is 377 g/mol. The number of halogens is 1. The summed E-state index contributed by atoms with van der Waals surface area (Å²) in [5.74, 6) is 1.95. The first-order valence-electron chi connectivity index (χ1n) is 8.62. The topological polar surface area (TPSA) is 54.7 Å². The van der Waals surface area contributed by atoms with E-state index >= 15 is 0 Å². The van der Waals surface area contributed by atoms with Gasteiger partial charge in [-0.25, -0.2) is 0 Å². The summed E-state index contributed by atoms with van der Waals surface area (Å²) in [7, 11) is 7.40. The normalized spacial score (nSPS) is 11.8. The molecular weight excluding hydrogens is 350 g/mol. The van der Waals surface area contributed by atoms with Gasteiger partial charge in [-0.05, 0) is 18.1 Å². The third kappa shape index (κ3) is 4.91. The van der Waals surface area contributed by atoms with E-state index in [2.05, 4.69) is 40.4 Å². The van der Waals surface area contributed by atoms with E-state index in [1.165, 1.54) is 5.56 Å². The zero-order valence-corrected chi connectivity index (χ0v) is 17.1. The summed E-state index contributed by atoms with van der Waals surface area (Å²) in [4.78, 5) is 6.48. The molecule has 0 saturated heterocycles. The Morgan fingerprint density at radius 2 is 2.12 bits per heavy atom. The highest BCUT2D eigenvalue weighted by Crippen LogP contribution is 2.23. The molecule has 0 saturated carbocycles. The number of nitrogens with one attached hydrogen (secondary N) is 1. The van der Waals surface area contributed by atoms with Crippen molar-refractivity contribution in [3.05, 3.63) is 46.2 Å². The first-order valence-corrected chi connectivity index (χ1v) is 9.00. The largest absolute Gasteiger partial charge is 0.496 e. The lowest BCUT2D eigenvalue weighted by atomic mass is 10.1. The van der Waals surface area contributed by atoms with E-state index in [9.17, 15) is 0 Å². The smallest absolute Gasteiger partial charge is 0.193 e. The van der Waals surface area contributed by atoms with Crippen molar-refractivity contribution in [3.8, 4) is 5.75 Å². The van der Waals surface area contributed by atoms with Gasteiger partial charge in [0.2, 0.25) is 0 Å². The van der Waals surface area contributed by atoms with E-state index in [4.69, 9.17) is 16.3 Å². The van der Waals surface area contributed by atoms with Crippen molar-refractivity contribution in [1.29, 1.82) is 0 Å². The average molecular weight is 378 g/mol. The first-order chi connectivity index (χ1) is 12.3. The molecule has 1 aromatic carbocycles. The minimum absolute atomic E-state index is 0.382. The summed E-state index contributed by atoms with van der Waals surface area (Å²) in [5.41, 5.74) is 3.35. The van der Waals surface area contributed by atoms with Gasteiger partial charge in [0.15, 0.2) is 5.96 Å². The fourth-order valence-electron chi connectivity index (χ4n) is 2.92. The fourth-order valence-corrected chi connectivity index (χ4v) is 3.08. The molecule has 1 N–H and O–H groups in total. The molecule has 0 unspecified atom stereocenters. The van der Waals surface area contributed by atoms with Crippen LogP contribution in [0.25, 0.3) is 0 Å². The number of guanidine groups is 1. The molecule has 0 amide bonds. The van der Waals surface area contributed by atoms with Crippen molar-refractivity contribution in [2.45, 2.75) is 32.9 Å². The third-order valence-electron chi connectivity index (χ3n) is 4.15. The lowest BCUT2D eigenvalue weighted by molar-refractivity contribution is 0.408. The van der Waals surface area contributed by atoms with Crippen LogP contribution in [0.4, 0.5) is 0 Å². The van der Waals surface area contributed by atoms with Crippen LogP contribution in [0.1, 0.15) is 36.6 Å². The molecule has 6 nitrogen and oxygen atoms in total. The number of nitrogens with zero attached hydrogens (tertiary/aromatic N) is 4. The summed E-state index contributed by atoms with van der Waals surface area (Å²) in [6.07, 6.45) is 2.07. The molecule has 0 bridgehead atoms. The van der Waals surface area contributed by atoms with Crippen molar-refractivity contribution < 1.29 is 4.74 Å². The van der Waals surface area contributed by atoms with E-state index in [0.717, 1.165) is 29.5 Å². The maximum atomic E-state index is 6.03. The highest BCUT2D eigenvalue weighted by molar-refractivity contribution is 6.30. The van der Waals surface area contributed by atoms with E-state index in [1.807, 2.05) is 37.0 Å². The van der Waals surface area contributed by atoms with Crippen LogP contribution in [-0.4, -0.2) is 41.8 Å². The molecule has 0 fully saturated rings. The van der Waals surface area contributed by atoms with E-state index in [-0.39, 0.29) is 0 Å². The van der Waals surface area contributed by atoms with Crippen LogP contribution in [0, 0.1) is 0 Å². The summed E-state index contributed by atoms with van der Waals surface area (Å²) in [5, 5.41) is 8.61. The third-order valence-corrected chi connectivity index (χ3v) is 4.39. The quantitative estimate of drug-likeness (QED) is 0.619. The molecule has 7 heteroatoms. The van der Waals surface area contributed by atoms with E-state index < -0.39 is 0 Å². The highest BCUT2D eigenvalue weighted by Gasteiger charge is 2.15. The molecular formula is C19H28ClN5O. The van der Waals surface area contributed by atoms with Crippen LogP contribution in [0.5, 0.6) is 5.75 Å². The molecule has 0 spiro atoms.